The van der Waals surface area contributed by atoms with Crippen LogP contribution in [0.15, 0.2) is 41.2 Å². The summed E-state index contributed by atoms with van der Waals surface area (Å²) in [5.74, 6) is -0.694. The van der Waals surface area contributed by atoms with Gasteiger partial charge in [0.2, 0.25) is 0 Å². The van der Waals surface area contributed by atoms with Crippen molar-refractivity contribution in [2.45, 2.75) is 13.8 Å². The average Bonchev–Trinajstić information content (AvgIpc) is 2.40. The van der Waals surface area contributed by atoms with E-state index < -0.39 is 11.5 Å². The molecule has 0 aliphatic heterocycles. The topological polar surface area (TPSA) is 68.5 Å². The van der Waals surface area contributed by atoms with Gasteiger partial charge in [-0.15, -0.1) is 0 Å². The van der Waals surface area contributed by atoms with Crippen LogP contribution in [0.25, 0.3) is 5.69 Å². The number of hydrogen-bond donors (Lipinski definition) is 1. The predicted molar refractivity (Wildman–Crippen MR) is 74.9 cm³/mol. The van der Waals surface area contributed by atoms with Gasteiger partial charge in [0.15, 0.2) is 0 Å². The molecule has 2 rings (SSSR count). The van der Waals surface area contributed by atoms with Gasteiger partial charge >= 0.3 is 5.97 Å². The quantitative estimate of drug-likeness (QED) is 0.927. The smallest absolute Gasteiger partial charge is 0.341 e. The maximum Gasteiger partial charge on any atom is 0.341 e. The van der Waals surface area contributed by atoms with Crippen molar-refractivity contribution in [1.82, 2.24) is 4.57 Å². The highest BCUT2D eigenvalue weighted by atomic mass is 16.5. The second kappa shape index (κ2) is 5.61. The number of carbonyl (C=O) groups is 1. The number of benzene rings is 1. The van der Waals surface area contributed by atoms with E-state index in [1.54, 1.807) is 37.3 Å². The molecule has 0 fully saturated rings. The molecular weight excluding hydrogens is 258 g/mol. The highest BCUT2D eigenvalue weighted by Gasteiger charge is 2.15. The number of nitrogens with zero attached hydrogens (tertiary/aromatic N) is 1. The summed E-state index contributed by atoms with van der Waals surface area (Å²) in [6.45, 7) is 4.05. The largest absolute Gasteiger partial charge is 0.492 e. The van der Waals surface area contributed by atoms with E-state index in [1.165, 1.54) is 10.6 Å². The number of rotatable bonds is 4. The molecule has 1 heterocycles. The highest BCUT2D eigenvalue weighted by molar-refractivity contribution is 5.87. The van der Waals surface area contributed by atoms with Crippen LogP contribution in [0.1, 0.15) is 23.0 Å². The first-order chi connectivity index (χ1) is 9.56. The molecule has 0 amide bonds. The molecule has 0 aliphatic rings. The van der Waals surface area contributed by atoms with Crippen LogP contribution >= 0.6 is 0 Å². The third-order valence-electron chi connectivity index (χ3n) is 2.91. The van der Waals surface area contributed by atoms with Crippen molar-refractivity contribution in [2.75, 3.05) is 6.61 Å². The number of aromatic nitrogens is 1. The summed E-state index contributed by atoms with van der Waals surface area (Å²) in [7, 11) is 0. The summed E-state index contributed by atoms with van der Waals surface area (Å²) in [4.78, 5) is 23.4. The molecule has 20 heavy (non-hydrogen) atoms. The van der Waals surface area contributed by atoms with Gasteiger partial charge in [0.25, 0.3) is 5.56 Å². The molecule has 0 radical (unpaired) electrons. The normalized spacial score (nSPS) is 10.3. The van der Waals surface area contributed by atoms with E-state index in [-0.39, 0.29) is 5.56 Å². The molecular formula is C15H15NO4. The van der Waals surface area contributed by atoms with Crippen molar-refractivity contribution in [3.8, 4) is 11.4 Å². The number of para-hydroxylation sites is 2. The summed E-state index contributed by atoms with van der Waals surface area (Å²) < 4.78 is 6.85. The number of ether oxygens (including phenoxy) is 1. The summed E-state index contributed by atoms with van der Waals surface area (Å²) in [5, 5.41) is 9.06. The van der Waals surface area contributed by atoms with Gasteiger partial charge in [0.1, 0.15) is 11.3 Å². The van der Waals surface area contributed by atoms with E-state index in [1.807, 2.05) is 6.92 Å². The zero-order chi connectivity index (χ0) is 14.7. The molecule has 1 N–H and O–H groups in total. The first kappa shape index (κ1) is 13.9. The summed E-state index contributed by atoms with van der Waals surface area (Å²) >= 11 is 0. The van der Waals surface area contributed by atoms with Crippen molar-refractivity contribution in [3.63, 3.8) is 0 Å². The first-order valence-electron chi connectivity index (χ1n) is 6.24. The second-order valence-electron chi connectivity index (χ2n) is 4.23. The lowest BCUT2D eigenvalue weighted by Crippen LogP contribution is -2.26. The molecule has 1 aromatic carbocycles. The monoisotopic (exact) mass is 273 g/mol. The molecule has 5 nitrogen and oxygen atoms in total. The van der Waals surface area contributed by atoms with Crippen LogP contribution in [-0.2, 0) is 0 Å². The maximum absolute atomic E-state index is 12.3. The van der Waals surface area contributed by atoms with Gasteiger partial charge < -0.3 is 9.84 Å². The average molecular weight is 273 g/mol. The van der Waals surface area contributed by atoms with Crippen LogP contribution in [0.2, 0.25) is 0 Å². The van der Waals surface area contributed by atoms with E-state index in [0.29, 0.717) is 23.7 Å². The summed E-state index contributed by atoms with van der Waals surface area (Å²) in [6.07, 6.45) is 0. The number of aryl methyl sites for hydroxylation is 1. The Kier molecular flexibility index (Phi) is 3.89. The molecule has 0 unspecified atom stereocenters. The molecule has 1 aromatic heterocycles. The Labute approximate surface area is 116 Å². The fourth-order valence-corrected chi connectivity index (χ4v) is 2.01. The Balaban J connectivity index is 2.73. The van der Waals surface area contributed by atoms with E-state index >= 15 is 0 Å². The third-order valence-corrected chi connectivity index (χ3v) is 2.91. The van der Waals surface area contributed by atoms with Crippen LogP contribution in [0.4, 0.5) is 0 Å². The minimum atomic E-state index is -1.24. The number of aromatic carboxylic acids is 1. The van der Waals surface area contributed by atoms with Gasteiger partial charge in [-0.1, -0.05) is 12.1 Å². The number of carboxylic acid groups (broad SMARTS) is 1. The molecule has 0 aliphatic carbocycles. The molecule has 5 heteroatoms. The maximum atomic E-state index is 12.3. The standard InChI is InChI=1S/C15H15NO4/c1-3-20-13-7-5-4-6-12(13)16-10(2)8-9-11(14(16)17)15(18)19/h4-9H,3H2,1-2H3,(H,18,19). The third kappa shape index (κ3) is 2.42. The molecule has 104 valence electrons. The molecule has 0 atom stereocenters. The van der Waals surface area contributed by atoms with Gasteiger partial charge in [-0.2, -0.15) is 0 Å². The van der Waals surface area contributed by atoms with Gasteiger partial charge in [0.05, 0.1) is 12.3 Å². The minimum Gasteiger partial charge on any atom is -0.492 e. The van der Waals surface area contributed by atoms with Crippen LogP contribution < -0.4 is 10.3 Å². The SMILES string of the molecule is CCOc1ccccc1-n1c(C)ccc(C(=O)O)c1=O. The van der Waals surface area contributed by atoms with Crippen molar-refractivity contribution in [3.05, 3.63) is 58.0 Å². The lowest BCUT2D eigenvalue weighted by molar-refractivity contribution is 0.0694. The number of carboxylic acids is 1. The summed E-state index contributed by atoms with van der Waals surface area (Å²) in [6, 6.07) is 9.98. The van der Waals surface area contributed by atoms with E-state index in [4.69, 9.17) is 9.84 Å². The molecule has 2 aromatic rings. The lowest BCUT2D eigenvalue weighted by Gasteiger charge is -2.15. The number of hydrogen-bond acceptors (Lipinski definition) is 3. The van der Waals surface area contributed by atoms with Crippen molar-refractivity contribution in [2.24, 2.45) is 0 Å². The lowest BCUT2D eigenvalue weighted by atomic mass is 10.2. The van der Waals surface area contributed by atoms with E-state index in [2.05, 4.69) is 0 Å². The van der Waals surface area contributed by atoms with E-state index in [9.17, 15) is 9.59 Å². The van der Waals surface area contributed by atoms with Crippen LogP contribution in [0.5, 0.6) is 5.75 Å². The Hall–Kier alpha value is -2.56. The highest BCUT2D eigenvalue weighted by Crippen LogP contribution is 2.22. The fraction of sp³-hybridized carbons (Fsp3) is 0.200. The predicted octanol–water partition coefficient (Wildman–Crippen LogP) is 2.24. The van der Waals surface area contributed by atoms with Gasteiger partial charge in [-0.25, -0.2) is 4.79 Å². The van der Waals surface area contributed by atoms with Crippen LogP contribution in [0, 0.1) is 6.92 Å². The Morgan fingerprint density at radius 3 is 2.60 bits per heavy atom. The molecule has 0 saturated heterocycles. The summed E-state index contributed by atoms with van der Waals surface area (Å²) in [5.41, 5.74) is 0.360. The molecule has 0 spiro atoms. The zero-order valence-electron chi connectivity index (χ0n) is 11.3. The second-order valence-corrected chi connectivity index (χ2v) is 4.23. The van der Waals surface area contributed by atoms with Crippen LogP contribution in [0.3, 0.4) is 0 Å². The minimum absolute atomic E-state index is 0.262. The van der Waals surface area contributed by atoms with Crippen molar-refractivity contribution < 1.29 is 14.6 Å². The van der Waals surface area contributed by atoms with Crippen molar-refractivity contribution in [1.29, 1.82) is 0 Å². The zero-order valence-corrected chi connectivity index (χ0v) is 11.3. The molecule has 0 saturated carbocycles. The van der Waals surface area contributed by atoms with Crippen molar-refractivity contribution >= 4 is 5.97 Å². The van der Waals surface area contributed by atoms with Gasteiger partial charge in [-0.3, -0.25) is 9.36 Å². The first-order valence-corrected chi connectivity index (χ1v) is 6.24. The Morgan fingerprint density at radius 1 is 1.25 bits per heavy atom. The molecule has 0 bridgehead atoms. The fourth-order valence-electron chi connectivity index (χ4n) is 2.01. The van der Waals surface area contributed by atoms with E-state index in [0.717, 1.165) is 0 Å². The van der Waals surface area contributed by atoms with Gasteiger partial charge in [0, 0.05) is 5.69 Å². The Bertz CT molecular complexity index is 703. The van der Waals surface area contributed by atoms with Crippen LogP contribution in [-0.4, -0.2) is 22.2 Å². The van der Waals surface area contributed by atoms with Gasteiger partial charge in [-0.05, 0) is 38.1 Å². The number of pyridine rings is 1. The Morgan fingerprint density at radius 2 is 1.95 bits per heavy atom.